The molecule has 2 heterocycles. The molecule has 3 aromatic rings. The Morgan fingerprint density at radius 1 is 1.03 bits per heavy atom. The zero-order valence-corrected chi connectivity index (χ0v) is 21.4. The minimum absolute atomic E-state index is 0.172. The summed E-state index contributed by atoms with van der Waals surface area (Å²) in [6.45, 7) is 8.14. The Morgan fingerprint density at radius 2 is 1.80 bits per heavy atom. The van der Waals surface area contributed by atoms with Gasteiger partial charge >= 0.3 is 5.97 Å². The third-order valence-electron chi connectivity index (χ3n) is 5.75. The molecule has 0 saturated carbocycles. The van der Waals surface area contributed by atoms with Crippen molar-refractivity contribution in [1.82, 2.24) is 9.88 Å². The number of carbonyl (C=O) groups is 1. The van der Waals surface area contributed by atoms with E-state index in [1.165, 1.54) is 5.56 Å². The molecule has 0 spiro atoms. The molecule has 1 fully saturated rings. The summed E-state index contributed by atoms with van der Waals surface area (Å²) in [5.41, 5.74) is 2.54. The summed E-state index contributed by atoms with van der Waals surface area (Å²) < 4.78 is 11.4. The molecule has 0 atom stereocenters. The largest absolute Gasteiger partial charge is 0.489 e. The van der Waals surface area contributed by atoms with E-state index in [0.29, 0.717) is 28.0 Å². The number of carbonyl (C=O) groups excluding carboxylic acids is 1. The smallest absolute Gasteiger partial charge is 0.342 e. The first kappa shape index (κ1) is 25.3. The van der Waals surface area contributed by atoms with Gasteiger partial charge in [0.1, 0.15) is 23.7 Å². The van der Waals surface area contributed by atoms with E-state index in [2.05, 4.69) is 26.9 Å². The van der Waals surface area contributed by atoms with Crippen LogP contribution in [0.5, 0.6) is 5.75 Å². The molecule has 0 radical (unpaired) electrons. The van der Waals surface area contributed by atoms with Crippen LogP contribution < -0.4 is 9.64 Å². The topological polar surface area (TPSA) is 54.9 Å². The molecule has 4 rings (SSSR count). The monoisotopic (exact) mass is 513 g/mol. The van der Waals surface area contributed by atoms with Crippen molar-refractivity contribution >= 4 is 35.0 Å². The molecule has 35 heavy (non-hydrogen) atoms. The third kappa shape index (κ3) is 6.66. The molecule has 0 amide bonds. The lowest BCUT2D eigenvalue weighted by molar-refractivity contribution is 0.0378. The van der Waals surface area contributed by atoms with Crippen molar-refractivity contribution in [2.24, 2.45) is 0 Å². The molecular weight excluding hydrogens is 485 g/mol. The third-order valence-corrected chi connectivity index (χ3v) is 6.61. The Kier molecular flexibility index (Phi) is 8.50. The first-order valence-electron chi connectivity index (χ1n) is 11.7. The second-order valence-corrected chi connectivity index (χ2v) is 9.53. The molecule has 2 aromatic carbocycles. The SMILES string of the molecule is CC(C)OC(=O)c1cccnc1N1CCN(Cc2cccc(OCc3cccc(Cl)c3Cl)c2)CC1. The van der Waals surface area contributed by atoms with Crippen molar-refractivity contribution < 1.29 is 14.3 Å². The van der Waals surface area contributed by atoms with Crippen LogP contribution in [0.25, 0.3) is 0 Å². The predicted molar refractivity (Wildman–Crippen MR) is 140 cm³/mol. The molecule has 1 aliphatic rings. The zero-order chi connectivity index (χ0) is 24.8. The number of halogens is 2. The lowest BCUT2D eigenvalue weighted by Crippen LogP contribution is -2.46. The molecule has 0 bridgehead atoms. The Bertz CT molecular complexity index is 1160. The summed E-state index contributed by atoms with van der Waals surface area (Å²) in [4.78, 5) is 21.5. The number of anilines is 1. The van der Waals surface area contributed by atoms with Gasteiger partial charge in [0.15, 0.2) is 0 Å². The fourth-order valence-electron chi connectivity index (χ4n) is 4.02. The number of piperazine rings is 1. The zero-order valence-electron chi connectivity index (χ0n) is 19.9. The highest BCUT2D eigenvalue weighted by molar-refractivity contribution is 6.42. The quantitative estimate of drug-likeness (QED) is 0.352. The molecule has 184 valence electrons. The number of nitrogens with zero attached hydrogens (tertiary/aromatic N) is 3. The maximum Gasteiger partial charge on any atom is 0.342 e. The molecular formula is C27H29Cl2N3O3. The predicted octanol–water partition coefficient (Wildman–Crippen LogP) is 5.85. The van der Waals surface area contributed by atoms with E-state index in [9.17, 15) is 4.79 Å². The van der Waals surface area contributed by atoms with Crippen LogP contribution in [-0.4, -0.2) is 48.1 Å². The lowest BCUT2D eigenvalue weighted by Gasteiger charge is -2.36. The summed E-state index contributed by atoms with van der Waals surface area (Å²) in [5, 5.41) is 1.05. The van der Waals surface area contributed by atoms with Gasteiger partial charge in [0.25, 0.3) is 0 Å². The number of hydrogen-bond acceptors (Lipinski definition) is 6. The maximum atomic E-state index is 12.5. The minimum atomic E-state index is -0.332. The number of ether oxygens (including phenoxy) is 2. The highest BCUT2D eigenvalue weighted by Crippen LogP contribution is 2.27. The summed E-state index contributed by atoms with van der Waals surface area (Å²) >= 11 is 12.4. The van der Waals surface area contributed by atoms with Crippen molar-refractivity contribution in [3.05, 3.63) is 87.5 Å². The molecule has 1 aliphatic heterocycles. The van der Waals surface area contributed by atoms with E-state index in [1.54, 1.807) is 24.4 Å². The van der Waals surface area contributed by atoms with Gasteiger partial charge in [-0.1, -0.05) is 47.5 Å². The maximum absolute atomic E-state index is 12.5. The van der Waals surface area contributed by atoms with E-state index >= 15 is 0 Å². The van der Waals surface area contributed by atoms with Gasteiger partial charge in [-0.25, -0.2) is 9.78 Å². The van der Waals surface area contributed by atoms with Crippen molar-refractivity contribution in [3.8, 4) is 5.75 Å². The van der Waals surface area contributed by atoms with Crippen LogP contribution in [0.3, 0.4) is 0 Å². The van der Waals surface area contributed by atoms with Crippen LogP contribution in [0, 0.1) is 0 Å². The fourth-order valence-corrected chi connectivity index (χ4v) is 4.39. The summed E-state index contributed by atoms with van der Waals surface area (Å²) in [6, 6.07) is 17.2. The first-order chi connectivity index (χ1) is 16.9. The first-order valence-corrected chi connectivity index (χ1v) is 12.4. The Morgan fingerprint density at radius 3 is 2.57 bits per heavy atom. The summed E-state index contributed by atoms with van der Waals surface area (Å²) in [7, 11) is 0. The van der Waals surface area contributed by atoms with Gasteiger partial charge in [0.05, 0.1) is 16.1 Å². The Balaban J connectivity index is 1.34. The number of rotatable bonds is 8. The van der Waals surface area contributed by atoms with Crippen LogP contribution >= 0.6 is 23.2 Å². The van der Waals surface area contributed by atoms with Crippen LogP contribution in [0.15, 0.2) is 60.8 Å². The van der Waals surface area contributed by atoms with Crippen molar-refractivity contribution in [1.29, 1.82) is 0 Å². The Labute approximate surface area is 216 Å². The molecule has 1 aromatic heterocycles. The fraction of sp³-hybridized carbons (Fsp3) is 0.333. The summed E-state index contributed by atoms with van der Waals surface area (Å²) in [6.07, 6.45) is 1.55. The van der Waals surface area contributed by atoms with Gasteiger partial charge in [-0.05, 0) is 49.7 Å². The van der Waals surface area contributed by atoms with Crippen LogP contribution in [-0.2, 0) is 17.9 Å². The average Bonchev–Trinajstić information content (AvgIpc) is 2.85. The average molecular weight is 514 g/mol. The van der Waals surface area contributed by atoms with Crippen molar-refractivity contribution in [2.75, 3.05) is 31.1 Å². The summed E-state index contributed by atoms with van der Waals surface area (Å²) in [5.74, 6) is 1.15. The van der Waals surface area contributed by atoms with E-state index < -0.39 is 0 Å². The number of esters is 1. The Hall–Kier alpha value is -2.80. The highest BCUT2D eigenvalue weighted by Gasteiger charge is 2.23. The van der Waals surface area contributed by atoms with E-state index in [4.69, 9.17) is 32.7 Å². The molecule has 0 N–H and O–H groups in total. The van der Waals surface area contributed by atoms with Gasteiger partial charge in [-0.15, -0.1) is 0 Å². The molecule has 8 heteroatoms. The number of hydrogen-bond donors (Lipinski definition) is 0. The number of benzene rings is 2. The van der Waals surface area contributed by atoms with Crippen molar-refractivity contribution in [3.63, 3.8) is 0 Å². The second-order valence-electron chi connectivity index (χ2n) is 8.74. The highest BCUT2D eigenvalue weighted by atomic mass is 35.5. The second kappa shape index (κ2) is 11.8. The van der Waals surface area contributed by atoms with E-state index in [-0.39, 0.29) is 12.1 Å². The van der Waals surface area contributed by atoms with Crippen LogP contribution in [0.4, 0.5) is 5.82 Å². The van der Waals surface area contributed by atoms with E-state index in [0.717, 1.165) is 44.0 Å². The standard InChI is InChI=1S/C27H29Cl2N3O3/c1-19(2)35-27(33)23-9-5-11-30-26(23)32-14-12-31(13-15-32)17-20-6-3-8-22(16-20)34-18-21-7-4-10-24(28)25(21)29/h3-11,16,19H,12-15,17-18H2,1-2H3. The van der Waals surface area contributed by atoms with Crippen LogP contribution in [0.1, 0.15) is 35.3 Å². The minimum Gasteiger partial charge on any atom is -0.489 e. The molecule has 1 saturated heterocycles. The molecule has 6 nitrogen and oxygen atoms in total. The molecule has 0 aliphatic carbocycles. The van der Waals surface area contributed by atoms with Gasteiger partial charge < -0.3 is 14.4 Å². The molecule has 0 unspecified atom stereocenters. The van der Waals surface area contributed by atoms with Crippen molar-refractivity contribution in [2.45, 2.75) is 33.1 Å². The number of aromatic nitrogens is 1. The van der Waals surface area contributed by atoms with Gasteiger partial charge in [0.2, 0.25) is 0 Å². The van der Waals surface area contributed by atoms with Gasteiger partial charge in [-0.2, -0.15) is 0 Å². The lowest BCUT2D eigenvalue weighted by atomic mass is 10.1. The van der Waals surface area contributed by atoms with E-state index in [1.807, 2.05) is 38.1 Å². The normalized spacial score (nSPS) is 14.3. The van der Waals surface area contributed by atoms with Crippen LogP contribution in [0.2, 0.25) is 10.0 Å². The van der Waals surface area contributed by atoms with Gasteiger partial charge in [0, 0.05) is 44.5 Å². The van der Waals surface area contributed by atoms with Gasteiger partial charge in [-0.3, -0.25) is 4.90 Å². The number of pyridine rings is 1.